The molecular weight excluding hydrogens is 194 g/mol. The first-order valence-electron chi connectivity index (χ1n) is 6.33. The third-order valence-corrected chi connectivity index (χ3v) is 3.09. The van der Waals surface area contributed by atoms with Crippen molar-refractivity contribution in [2.75, 3.05) is 13.1 Å². The minimum Gasteiger partial charge on any atom is -0.316 e. The Morgan fingerprint density at radius 3 is 2.06 bits per heavy atom. The molecule has 16 heavy (non-hydrogen) atoms. The van der Waals surface area contributed by atoms with Gasteiger partial charge in [-0.25, -0.2) is 0 Å². The number of rotatable bonds is 5. The highest BCUT2D eigenvalue weighted by Crippen LogP contribution is 2.25. The highest BCUT2D eigenvalue weighted by Gasteiger charge is 2.15. The zero-order valence-corrected chi connectivity index (χ0v) is 11.3. The van der Waals surface area contributed by atoms with E-state index in [-0.39, 0.29) is 0 Å². The monoisotopic (exact) mass is 219 g/mol. The van der Waals surface area contributed by atoms with Gasteiger partial charge in [-0.1, -0.05) is 50.1 Å². The van der Waals surface area contributed by atoms with Crippen molar-refractivity contribution >= 4 is 0 Å². The first-order valence-corrected chi connectivity index (χ1v) is 6.33. The van der Waals surface area contributed by atoms with Gasteiger partial charge in [0, 0.05) is 6.54 Å². The number of benzene rings is 1. The summed E-state index contributed by atoms with van der Waals surface area (Å²) in [6.45, 7) is 13.3. The summed E-state index contributed by atoms with van der Waals surface area (Å²) in [5, 5.41) is 3.47. The molecule has 0 aliphatic heterocycles. The maximum atomic E-state index is 3.47. The van der Waals surface area contributed by atoms with Crippen molar-refractivity contribution in [2.45, 2.75) is 40.5 Å². The van der Waals surface area contributed by atoms with E-state index in [2.05, 4.69) is 58.1 Å². The van der Waals surface area contributed by atoms with Crippen molar-refractivity contribution in [3.8, 4) is 0 Å². The summed E-state index contributed by atoms with van der Waals surface area (Å²) in [5.74, 6) is 1.30. The molecule has 0 aromatic heterocycles. The van der Waals surface area contributed by atoms with Crippen molar-refractivity contribution in [2.24, 2.45) is 5.92 Å². The zero-order chi connectivity index (χ0) is 12.1. The normalized spacial score (nSPS) is 13.1. The van der Waals surface area contributed by atoms with Crippen LogP contribution in [0, 0.1) is 19.8 Å². The maximum absolute atomic E-state index is 3.47. The van der Waals surface area contributed by atoms with Crippen LogP contribution in [0.2, 0.25) is 0 Å². The SMILES string of the molecule is CCNCC(c1cc(C)cc(C)c1)C(C)C. The molecule has 0 aliphatic rings. The molecule has 0 radical (unpaired) electrons. The molecule has 1 unspecified atom stereocenters. The van der Waals surface area contributed by atoms with Gasteiger partial charge in [0.15, 0.2) is 0 Å². The van der Waals surface area contributed by atoms with Gasteiger partial charge >= 0.3 is 0 Å². The molecule has 1 atom stereocenters. The molecule has 1 aromatic rings. The van der Waals surface area contributed by atoms with Crippen LogP contribution in [0.1, 0.15) is 43.4 Å². The Bertz CT molecular complexity index is 308. The smallest absolute Gasteiger partial charge is 0.00225 e. The topological polar surface area (TPSA) is 12.0 Å². The van der Waals surface area contributed by atoms with Crippen LogP contribution >= 0.6 is 0 Å². The van der Waals surface area contributed by atoms with Crippen LogP contribution in [0.5, 0.6) is 0 Å². The Hall–Kier alpha value is -0.820. The lowest BCUT2D eigenvalue weighted by Gasteiger charge is -2.22. The number of likely N-dealkylation sites (N-methyl/N-ethyl adjacent to an activating group) is 1. The van der Waals surface area contributed by atoms with Gasteiger partial charge in [0.2, 0.25) is 0 Å². The minimum atomic E-state index is 0.624. The summed E-state index contributed by atoms with van der Waals surface area (Å²) < 4.78 is 0. The number of aryl methyl sites for hydroxylation is 2. The molecule has 0 saturated carbocycles. The van der Waals surface area contributed by atoms with Crippen molar-refractivity contribution < 1.29 is 0 Å². The predicted molar refractivity (Wildman–Crippen MR) is 72.0 cm³/mol. The van der Waals surface area contributed by atoms with E-state index in [1.54, 1.807) is 0 Å². The first-order chi connectivity index (χ1) is 7.54. The highest BCUT2D eigenvalue weighted by atomic mass is 14.8. The second-order valence-corrected chi connectivity index (χ2v) is 5.08. The summed E-state index contributed by atoms with van der Waals surface area (Å²) in [5.41, 5.74) is 4.22. The van der Waals surface area contributed by atoms with Gasteiger partial charge < -0.3 is 5.32 Å². The lowest BCUT2D eigenvalue weighted by atomic mass is 9.87. The maximum Gasteiger partial charge on any atom is 0.00225 e. The van der Waals surface area contributed by atoms with E-state index >= 15 is 0 Å². The molecule has 1 nitrogen and oxygen atoms in total. The van der Waals surface area contributed by atoms with Gasteiger partial charge in [0.25, 0.3) is 0 Å². The van der Waals surface area contributed by atoms with Gasteiger partial charge in [-0.3, -0.25) is 0 Å². The van der Waals surface area contributed by atoms with Gasteiger partial charge in [-0.05, 0) is 37.8 Å². The third kappa shape index (κ3) is 3.64. The molecule has 0 heterocycles. The fourth-order valence-corrected chi connectivity index (χ4v) is 2.26. The molecule has 0 fully saturated rings. The molecule has 0 spiro atoms. The summed E-state index contributed by atoms with van der Waals surface area (Å²) in [6.07, 6.45) is 0. The Kier molecular flexibility index (Phi) is 5.01. The Morgan fingerprint density at radius 2 is 1.62 bits per heavy atom. The molecule has 0 saturated heterocycles. The van der Waals surface area contributed by atoms with Gasteiger partial charge in [0.05, 0.1) is 0 Å². The Balaban J connectivity index is 2.91. The second kappa shape index (κ2) is 6.05. The van der Waals surface area contributed by atoms with Crippen molar-refractivity contribution in [1.29, 1.82) is 0 Å². The third-order valence-electron chi connectivity index (χ3n) is 3.09. The quantitative estimate of drug-likeness (QED) is 0.797. The van der Waals surface area contributed by atoms with E-state index in [0.717, 1.165) is 13.1 Å². The Labute approximate surface area is 100 Å². The molecule has 1 N–H and O–H groups in total. The molecule has 0 amide bonds. The van der Waals surface area contributed by atoms with Crippen LogP contribution in [0.25, 0.3) is 0 Å². The summed E-state index contributed by atoms with van der Waals surface area (Å²) in [4.78, 5) is 0. The molecule has 90 valence electrons. The lowest BCUT2D eigenvalue weighted by molar-refractivity contribution is 0.467. The van der Waals surface area contributed by atoms with Crippen molar-refractivity contribution in [3.05, 3.63) is 34.9 Å². The largest absolute Gasteiger partial charge is 0.316 e. The molecule has 0 aliphatic carbocycles. The van der Waals surface area contributed by atoms with Crippen LogP contribution in [-0.2, 0) is 0 Å². The van der Waals surface area contributed by atoms with Crippen LogP contribution in [0.3, 0.4) is 0 Å². The first kappa shape index (κ1) is 13.2. The standard InChI is InChI=1S/C15H25N/c1-6-16-10-15(11(2)3)14-8-12(4)7-13(5)9-14/h7-9,11,15-16H,6,10H2,1-5H3. The fraction of sp³-hybridized carbons (Fsp3) is 0.600. The molecule has 0 bridgehead atoms. The van der Waals surface area contributed by atoms with E-state index in [9.17, 15) is 0 Å². The zero-order valence-electron chi connectivity index (χ0n) is 11.3. The van der Waals surface area contributed by atoms with E-state index in [4.69, 9.17) is 0 Å². The minimum absolute atomic E-state index is 0.624. The van der Waals surface area contributed by atoms with E-state index in [1.807, 2.05) is 0 Å². The van der Waals surface area contributed by atoms with Gasteiger partial charge in [-0.2, -0.15) is 0 Å². The average molecular weight is 219 g/mol. The van der Waals surface area contributed by atoms with Crippen molar-refractivity contribution in [1.82, 2.24) is 5.32 Å². The number of hydrogen-bond donors (Lipinski definition) is 1. The predicted octanol–water partition coefficient (Wildman–Crippen LogP) is 3.65. The molecular formula is C15H25N. The van der Waals surface area contributed by atoms with E-state index < -0.39 is 0 Å². The second-order valence-electron chi connectivity index (χ2n) is 5.08. The molecule has 1 aromatic carbocycles. The number of nitrogens with one attached hydrogen (secondary N) is 1. The van der Waals surface area contributed by atoms with Gasteiger partial charge in [-0.15, -0.1) is 0 Å². The highest BCUT2D eigenvalue weighted by molar-refractivity contribution is 5.31. The van der Waals surface area contributed by atoms with Crippen molar-refractivity contribution in [3.63, 3.8) is 0 Å². The summed E-state index contributed by atoms with van der Waals surface area (Å²) in [6, 6.07) is 6.90. The van der Waals surface area contributed by atoms with E-state index in [1.165, 1.54) is 16.7 Å². The molecule has 1 rings (SSSR count). The van der Waals surface area contributed by atoms with Crippen LogP contribution in [-0.4, -0.2) is 13.1 Å². The van der Waals surface area contributed by atoms with Gasteiger partial charge in [0.1, 0.15) is 0 Å². The molecule has 1 heteroatoms. The Morgan fingerprint density at radius 1 is 1.06 bits per heavy atom. The van der Waals surface area contributed by atoms with Crippen LogP contribution in [0.15, 0.2) is 18.2 Å². The van der Waals surface area contributed by atoms with E-state index in [0.29, 0.717) is 11.8 Å². The fourth-order valence-electron chi connectivity index (χ4n) is 2.26. The van der Waals surface area contributed by atoms with Crippen LogP contribution < -0.4 is 5.32 Å². The van der Waals surface area contributed by atoms with Crippen LogP contribution in [0.4, 0.5) is 0 Å². The summed E-state index contributed by atoms with van der Waals surface area (Å²) in [7, 11) is 0. The lowest BCUT2D eigenvalue weighted by Crippen LogP contribution is -2.24. The average Bonchev–Trinajstić information content (AvgIpc) is 2.16. The number of hydrogen-bond acceptors (Lipinski definition) is 1. The summed E-state index contributed by atoms with van der Waals surface area (Å²) >= 11 is 0.